The molecule has 0 aliphatic carbocycles. The van der Waals surface area contributed by atoms with Crippen LogP contribution < -0.4 is 0 Å². The van der Waals surface area contributed by atoms with Gasteiger partial charge in [0.15, 0.2) is 0 Å². The summed E-state index contributed by atoms with van der Waals surface area (Å²) in [6.45, 7) is 0.507. The highest BCUT2D eigenvalue weighted by atomic mass is 16.2. The third-order valence-electron chi connectivity index (χ3n) is 7.44. The van der Waals surface area contributed by atoms with E-state index in [4.69, 9.17) is 0 Å². The summed E-state index contributed by atoms with van der Waals surface area (Å²) in [6, 6.07) is 28.8. The first-order valence-electron chi connectivity index (χ1n) is 13.1. The van der Waals surface area contributed by atoms with Gasteiger partial charge in [-0.3, -0.25) is 4.79 Å². The SMILES string of the molecule is N#Cc1ccc2c(c1)CN(C(=O)Cc1ccccc1)[C@H](Cc1ccccc1)CCCC2Cc1cnc[nH]1. The standard InChI is InChI=1S/C32H32N4O/c33-20-26-14-15-31-27(19-29-21-34-23-35-29)12-7-13-30(17-24-8-3-1-4-9-24)36(22-28(31)16-26)32(37)18-25-10-5-2-6-11-25/h1-6,8-11,14-16,21,23,27,30H,7,12-13,17-19,22H2,(H,34,35)/t27?,30-/m0/s1. The zero-order valence-electron chi connectivity index (χ0n) is 21.0. The first-order valence-corrected chi connectivity index (χ1v) is 13.1. The second kappa shape index (κ2) is 11.7. The molecule has 5 rings (SSSR count). The maximum absolute atomic E-state index is 13.9. The van der Waals surface area contributed by atoms with Gasteiger partial charge in [-0.05, 0) is 66.0 Å². The molecule has 1 aliphatic heterocycles. The lowest BCUT2D eigenvalue weighted by molar-refractivity contribution is -0.133. The van der Waals surface area contributed by atoms with Gasteiger partial charge in [-0.15, -0.1) is 0 Å². The molecule has 1 N–H and O–H groups in total. The molecule has 0 spiro atoms. The second-order valence-corrected chi connectivity index (χ2v) is 9.96. The zero-order valence-corrected chi connectivity index (χ0v) is 21.0. The summed E-state index contributed by atoms with van der Waals surface area (Å²) >= 11 is 0. The molecule has 37 heavy (non-hydrogen) atoms. The highest BCUT2D eigenvalue weighted by molar-refractivity contribution is 5.79. The molecule has 2 atom stereocenters. The fourth-order valence-corrected chi connectivity index (χ4v) is 5.57. The number of carbonyl (C=O) groups excluding carboxylic acids is 1. The van der Waals surface area contributed by atoms with E-state index in [1.165, 1.54) is 11.1 Å². The Morgan fingerprint density at radius 1 is 0.973 bits per heavy atom. The van der Waals surface area contributed by atoms with E-state index in [1.54, 1.807) is 6.33 Å². The van der Waals surface area contributed by atoms with Crippen molar-refractivity contribution < 1.29 is 4.79 Å². The van der Waals surface area contributed by atoms with Crippen LogP contribution in [-0.4, -0.2) is 26.8 Å². The molecule has 0 saturated heterocycles. The number of rotatable bonds is 6. The van der Waals surface area contributed by atoms with Crippen LogP contribution in [0.15, 0.2) is 91.4 Å². The number of nitrogens with zero attached hydrogens (tertiary/aromatic N) is 3. The van der Waals surface area contributed by atoms with Crippen LogP contribution in [0, 0.1) is 11.3 Å². The van der Waals surface area contributed by atoms with Crippen molar-refractivity contribution >= 4 is 5.91 Å². The van der Waals surface area contributed by atoms with Crippen molar-refractivity contribution in [2.75, 3.05) is 0 Å². The summed E-state index contributed by atoms with van der Waals surface area (Å²) in [5, 5.41) is 9.67. The smallest absolute Gasteiger partial charge is 0.227 e. The van der Waals surface area contributed by atoms with Crippen molar-refractivity contribution in [2.45, 2.75) is 57.0 Å². The molecule has 0 saturated carbocycles. The lowest BCUT2D eigenvalue weighted by atomic mass is 9.86. The molecule has 1 unspecified atom stereocenters. The van der Waals surface area contributed by atoms with Gasteiger partial charge in [0.2, 0.25) is 5.91 Å². The minimum Gasteiger partial charge on any atom is -0.348 e. The minimum atomic E-state index is 0.0862. The molecule has 0 fully saturated rings. The van der Waals surface area contributed by atoms with E-state index >= 15 is 0 Å². The summed E-state index contributed by atoms with van der Waals surface area (Å²) < 4.78 is 0. The number of amides is 1. The van der Waals surface area contributed by atoms with Crippen LogP contribution >= 0.6 is 0 Å². The maximum Gasteiger partial charge on any atom is 0.227 e. The Kier molecular flexibility index (Phi) is 7.76. The van der Waals surface area contributed by atoms with Gasteiger partial charge in [-0.25, -0.2) is 4.98 Å². The first-order chi connectivity index (χ1) is 18.2. The van der Waals surface area contributed by atoms with E-state index in [0.29, 0.717) is 24.4 Å². The Balaban J connectivity index is 1.52. The molecular weight excluding hydrogens is 456 g/mol. The average Bonchev–Trinajstić information content (AvgIpc) is 3.46. The van der Waals surface area contributed by atoms with Gasteiger partial charge in [0.1, 0.15) is 0 Å². The Hall–Kier alpha value is -4.17. The fraction of sp³-hybridized carbons (Fsp3) is 0.281. The van der Waals surface area contributed by atoms with Gasteiger partial charge < -0.3 is 9.88 Å². The lowest BCUT2D eigenvalue weighted by Crippen LogP contribution is -2.42. The van der Waals surface area contributed by atoms with Crippen LogP contribution in [-0.2, 0) is 30.6 Å². The number of hydrogen-bond acceptors (Lipinski definition) is 3. The number of nitrogens with one attached hydrogen (secondary N) is 1. The molecule has 4 aromatic rings. The van der Waals surface area contributed by atoms with Gasteiger partial charge in [-0.1, -0.05) is 73.2 Å². The van der Waals surface area contributed by atoms with Gasteiger partial charge >= 0.3 is 0 Å². The highest BCUT2D eigenvalue weighted by Gasteiger charge is 2.29. The summed E-state index contributed by atoms with van der Waals surface area (Å²) in [5.41, 5.74) is 6.31. The third kappa shape index (κ3) is 6.16. The highest BCUT2D eigenvalue weighted by Crippen LogP contribution is 2.34. The number of aromatic amines is 1. The van der Waals surface area contributed by atoms with Gasteiger partial charge in [0.05, 0.1) is 24.4 Å². The number of H-pyrrole nitrogens is 1. The monoisotopic (exact) mass is 488 g/mol. The Morgan fingerprint density at radius 2 is 1.73 bits per heavy atom. The molecule has 1 aliphatic rings. The Labute approximate surface area is 218 Å². The lowest BCUT2D eigenvalue weighted by Gasteiger charge is -2.32. The predicted octanol–water partition coefficient (Wildman–Crippen LogP) is 5.97. The molecule has 0 bridgehead atoms. The van der Waals surface area contributed by atoms with Crippen LogP contribution in [0.3, 0.4) is 0 Å². The quantitative estimate of drug-likeness (QED) is 0.363. The molecule has 5 heteroatoms. The number of hydrogen-bond donors (Lipinski definition) is 1. The minimum absolute atomic E-state index is 0.0862. The number of fused-ring (bicyclic) bond motifs is 1. The Morgan fingerprint density at radius 3 is 2.43 bits per heavy atom. The molecular formula is C32H32N4O. The van der Waals surface area contributed by atoms with Gasteiger partial charge in [-0.2, -0.15) is 5.26 Å². The molecule has 0 radical (unpaired) electrons. The van der Waals surface area contributed by atoms with E-state index in [9.17, 15) is 10.1 Å². The van der Waals surface area contributed by atoms with E-state index in [2.05, 4.69) is 51.3 Å². The maximum atomic E-state index is 13.9. The number of aromatic nitrogens is 2. The molecule has 1 aromatic heterocycles. The number of nitriles is 1. The predicted molar refractivity (Wildman–Crippen MR) is 145 cm³/mol. The van der Waals surface area contributed by atoms with Crippen LogP contribution in [0.25, 0.3) is 0 Å². The summed E-state index contributed by atoms with van der Waals surface area (Å²) in [7, 11) is 0. The first kappa shape index (κ1) is 24.5. The van der Waals surface area contributed by atoms with Crippen molar-refractivity contribution in [3.8, 4) is 6.07 Å². The van der Waals surface area contributed by atoms with E-state index in [0.717, 1.165) is 48.9 Å². The topological polar surface area (TPSA) is 72.8 Å². The van der Waals surface area contributed by atoms with Crippen LogP contribution in [0.5, 0.6) is 0 Å². The van der Waals surface area contributed by atoms with Crippen molar-refractivity contribution in [3.63, 3.8) is 0 Å². The van der Waals surface area contributed by atoms with Gasteiger partial charge in [0, 0.05) is 24.5 Å². The van der Waals surface area contributed by atoms with Crippen molar-refractivity contribution in [2.24, 2.45) is 0 Å². The number of carbonyl (C=O) groups is 1. The van der Waals surface area contributed by atoms with Crippen molar-refractivity contribution in [3.05, 3.63) is 125 Å². The Bertz CT molecular complexity index is 1340. The van der Waals surface area contributed by atoms with Crippen molar-refractivity contribution in [1.29, 1.82) is 5.26 Å². The molecule has 3 aromatic carbocycles. The number of benzene rings is 3. The third-order valence-corrected chi connectivity index (χ3v) is 7.44. The van der Waals surface area contributed by atoms with Crippen LogP contribution in [0.1, 0.15) is 58.7 Å². The zero-order chi connectivity index (χ0) is 25.5. The molecule has 2 heterocycles. The van der Waals surface area contributed by atoms with Crippen molar-refractivity contribution in [1.82, 2.24) is 14.9 Å². The second-order valence-electron chi connectivity index (χ2n) is 9.96. The van der Waals surface area contributed by atoms with E-state index in [1.807, 2.05) is 54.7 Å². The normalized spacial score (nSPS) is 17.6. The van der Waals surface area contributed by atoms with Crippen LogP contribution in [0.2, 0.25) is 0 Å². The molecule has 186 valence electrons. The summed E-state index contributed by atoms with van der Waals surface area (Å²) in [6.07, 6.45) is 8.65. The average molecular weight is 489 g/mol. The van der Waals surface area contributed by atoms with Crippen LogP contribution in [0.4, 0.5) is 0 Å². The fourth-order valence-electron chi connectivity index (χ4n) is 5.57. The van der Waals surface area contributed by atoms with E-state index in [-0.39, 0.29) is 11.9 Å². The van der Waals surface area contributed by atoms with E-state index < -0.39 is 0 Å². The van der Waals surface area contributed by atoms with Gasteiger partial charge in [0.25, 0.3) is 0 Å². The summed E-state index contributed by atoms with van der Waals surface area (Å²) in [5.74, 6) is 0.428. The number of imidazole rings is 1. The molecule has 5 nitrogen and oxygen atoms in total. The molecule has 1 amide bonds. The summed E-state index contributed by atoms with van der Waals surface area (Å²) in [4.78, 5) is 23.4. The largest absolute Gasteiger partial charge is 0.348 e.